The van der Waals surface area contributed by atoms with Crippen molar-refractivity contribution in [3.63, 3.8) is 0 Å². The number of hydrogen-bond acceptors (Lipinski definition) is 2. The first-order valence-electron chi connectivity index (χ1n) is 8.58. The smallest absolute Gasteiger partial charge is 0.0417 e. The number of benzene rings is 1. The standard InChI is InChI=1S/C19H27NS/c1-2-12-20-17(13-15-8-4-3-5-9-15)19-14-16-10-6-7-11-18(16)21-19/h6-7,10-11,14-15,17,20H,2-5,8-9,12-13H2,1H3. The molecular weight excluding hydrogens is 274 g/mol. The summed E-state index contributed by atoms with van der Waals surface area (Å²) in [5, 5.41) is 5.21. The molecule has 2 heteroatoms. The van der Waals surface area contributed by atoms with E-state index in [9.17, 15) is 0 Å². The van der Waals surface area contributed by atoms with Crippen LogP contribution in [0, 0.1) is 5.92 Å². The molecule has 1 saturated carbocycles. The van der Waals surface area contributed by atoms with Gasteiger partial charge in [-0.15, -0.1) is 11.3 Å². The fraction of sp³-hybridized carbons (Fsp3) is 0.579. The fourth-order valence-electron chi connectivity index (χ4n) is 3.55. The molecule has 2 aromatic rings. The van der Waals surface area contributed by atoms with E-state index in [1.165, 1.54) is 59.9 Å². The molecule has 0 spiro atoms. The third kappa shape index (κ3) is 3.87. The van der Waals surface area contributed by atoms with E-state index in [4.69, 9.17) is 0 Å². The van der Waals surface area contributed by atoms with Crippen LogP contribution in [-0.4, -0.2) is 6.54 Å². The van der Waals surface area contributed by atoms with Gasteiger partial charge in [-0.05, 0) is 42.8 Å². The van der Waals surface area contributed by atoms with E-state index in [0.717, 1.165) is 12.5 Å². The second-order valence-electron chi connectivity index (χ2n) is 6.43. The van der Waals surface area contributed by atoms with Crippen LogP contribution in [0.2, 0.25) is 0 Å². The Balaban J connectivity index is 1.76. The molecule has 3 rings (SSSR count). The van der Waals surface area contributed by atoms with Crippen molar-refractivity contribution in [2.75, 3.05) is 6.54 Å². The molecule has 1 aromatic carbocycles. The zero-order chi connectivity index (χ0) is 14.5. The zero-order valence-electron chi connectivity index (χ0n) is 13.1. The van der Waals surface area contributed by atoms with Gasteiger partial charge in [0.2, 0.25) is 0 Å². The summed E-state index contributed by atoms with van der Waals surface area (Å²) >= 11 is 1.98. The minimum absolute atomic E-state index is 0.561. The summed E-state index contributed by atoms with van der Waals surface area (Å²) in [6.45, 7) is 3.39. The van der Waals surface area contributed by atoms with Crippen molar-refractivity contribution < 1.29 is 0 Å². The van der Waals surface area contributed by atoms with Crippen molar-refractivity contribution in [1.29, 1.82) is 0 Å². The van der Waals surface area contributed by atoms with Crippen LogP contribution in [0.4, 0.5) is 0 Å². The minimum atomic E-state index is 0.561. The van der Waals surface area contributed by atoms with E-state index in [-0.39, 0.29) is 0 Å². The maximum Gasteiger partial charge on any atom is 0.0417 e. The van der Waals surface area contributed by atoms with Crippen molar-refractivity contribution >= 4 is 21.4 Å². The summed E-state index contributed by atoms with van der Waals surface area (Å²) in [5.74, 6) is 0.929. The number of fused-ring (bicyclic) bond motifs is 1. The number of thiophene rings is 1. The molecule has 0 radical (unpaired) electrons. The Hall–Kier alpha value is -0.860. The monoisotopic (exact) mass is 301 g/mol. The van der Waals surface area contributed by atoms with Crippen molar-refractivity contribution in [3.8, 4) is 0 Å². The summed E-state index contributed by atoms with van der Waals surface area (Å²) in [7, 11) is 0. The summed E-state index contributed by atoms with van der Waals surface area (Å²) in [5.41, 5.74) is 0. The predicted molar refractivity (Wildman–Crippen MR) is 94.1 cm³/mol. The van der Waals surface area contributed by atoms with E-state index in [0.29, 0.717) is 6.04 Å². The van der Waals surface area contributed by atoms with Crippen molar-refractivity contribution in [2.45, 2.75) is 57.9 Å². The third-order valence-corrected chi connectivity index (χ3v) is 5.95. The summed E-state index contributed by atoms with van der Waals surface area (Å²) in [6, 6.07) is 11.8. The topological polar surface area (TPSA) is 12.0 Å². The van der Waals surface area contributed by atoms with Gasteiger partial charge in [0.25, 0.3) is 0 Å². The largest absolute Gasteiger partial charge is 0.309 e. The molecule has 21 heavy (non-hydrogen) atoms. The molecule has 1 aromatic heterocycles. The van der Waals surface area contributed by atoms with E-state index in [1.54, 1.807) is 0 Å². The number of rotatable bonds is 6. The maximum atomic E-state index is 3.80. The number of nitrogens with one attached hydrogen (secondary N) is 1. The van der Waals surface area contributed by atoms with Gasteiger partial charge in [0.15, 0.2) is 0 Å². The molecule has 1 aliphatic rings. The van der Waals surface area contributed by atoms with Gasteiger partial charge in [0, 0.05) is 15.6 Å². The summed E-state index contributed by atoms with van der Waals surface area (Å²) in [4.78, 5) is 1.54. The first kappa shape index (κ1) is 15.1. The van der Waals surface area contributed by atoms with Crippen LogP contribution >= 0.6 is 11.3 Å². The average Bonchev–Trinajstić information content (AvgIpc) is 2.96. The van der Waals surface area contributed by atoms with Gasteiger partial charge in [0.1, 0.15) is 0 Å². The van der Waals surface area contributed by atoms with E-state index in [1.807, 2.05) is 11.3 Å². The Morgan fingerprint density at radius 2 is 2.00 bits per heavy atom. The molecule has 0 amide bonds. The maximum absolute atomic E-state index is 3.80. The lowest BCUT2D eigenvalue weighted by atomic mass is 9.84. The van der Waals surface area contributed by atoms with Gasteiger partial charge in [-0.1, -0.05) is 57.2 Å². The molecule has 0 aliphatic heterocycles. The summed E-state index contributed by atoms with van der Waals surface area (Å²) in [6.07, 6.45) is 9.75. The van der Waals surface area contributed by atoms with Crippen LogP contribution in [0.3, 0.4) is 0 Å². The molecule has 114 valence electrons. The lowest BCUT2D eigenvalue weighted by molar-refractivity contribution is 0.301. The highest BCUT2D eigenvalue weighted by Crippen LogP contribution is 2.36. The lowest BCUT2D eigenvalue weighted by Gasteiger charge is -2.26. The Labute approximate surface area is 132 Å². The van der Waals surface area contributed by atoms with E-state index >= 15 is 0 Å². The fourth-order valence-corrected chi connectivity index (χ4v) is 4.70. The molecule has 1 N–H and O–H groups in total. The predicted octanol–water partition coefficient (Wildman–Crippen LogP) is 5.91. The molecule has 1 aliphatic carbocycles. The normalized spacial score (nSPS) is 18.1. The summed E-state index contributed by atoms with van der Waals surface area (Å²) < 4.78 is 1.43. The Morgan fingerprint density at radius 1 is 1.19 bits per heavy atom. The van der Waals surface area contributed by atoms with Crippen LogP contribution in [0.1, 0.15) is 62.8 Å². The van der Waals surface area contributed by atoms with Crippen LogP contribution in [-0.2, 0) is 0 Å². The average molecular weight is 301 g/mol. The zero-order valence-corrected chi connectivity index (χ0v) is 13.9. The van der Waals surface area contributed by atoms with Gasteiger partial charge < -0.3 is 5.32 Å². The van der Waals surface area contributed by atoms with Gasteiger partial charge in [-0.2, -0.15) is 0 Å². The first-order valence-corrected chi connectivity index (χ1v) is 9.40. The highest BCUT2D eigenvalue weighted by Gasteiger charge is 2.21. The molecular formula is C19H27NS. The highest BCUT2D eigenvalue weighted by atomic mass is 32.1. The van der Waals surface area contributed by atoms with Crippen molar-refractivity contribution in [1.82, 2.24) is 5.32 Å². The SMILES string of the molecule is CCCNC(CC1CCCCC1)c1cc2ccccc2s1. The molecule has 1 atom stereocenters. The second-order valence-corrected chi connectivity index (χ2v) is 7.55. The van der Waals surface area contributed by atoms with Crippen LogP contribution in [0.25, 0.3) is 10.1 Å². The minimum Gasteiger partial charge on any atom is -0.309 e. The molecule has 1 heterocycles. The number of hydrogen-bond donors (Lipinski definition) is 1. The van der Waals surface area contributed by atoms with Crippen LogP contribution in [0.5, 0.6) is 0 Å². The van der Waals surface area contributed by atoms with Gasteiger partial charge in [-0.25, -0.2) is 0 Å². The Morgan fingerprint density at radius 3 is 2.76 bits per heavy atom. The van der Waals surface area contributed by atoms with Crippen molar-refractivity contribution in [2.24, 2.45) is 5.92 Å². The van der Waals surface area contributed by atoms with E-state index in [2.05, 4.69) is 42.6 Å². The Bertz CT molecular complexity index is 520. The van der Waals surface area contributed by atoms with Crippen LogP contribution < -0.4 is 5.32 Å². The Kier molecular flexibility index (Phi) is 5.32. The second kappa shape index (κ2) is 7.42. The quantitative estimate of drug-likeness (QED) is 0.699. The third-order valence-electron chi connectivity index (χ3n) is 4.72. The molecule has 1 fully saturated rings. The first-order chi connectivity index (χ1) is 10.4. The molecule has 1 unspecified atom stereocenters. The lowest BCUT2D eigenvalue weighted by Crippen LogP contribution is -2.24. The van der Waals surface area contributed by atoms with E-state index < -0.39 is 0 Å². The van der Waals surface area contributed by atoms with Crippen molar-refractivity contribution in [3.05, 3.63) is 35.2 Å². The highest BCUT2D eigenvalue weighted by molar-refractivity contribution is 7.19. The van der Waals surface area contributed by atoms with Crippen LogP contribution in [0.15, 0.2) is 30.3 Å². The molecule has 1 nitrogen and oxygen atoms in total. The molecule has 0 saturated heterocycles. The van der Waals surface area contributed by atoms with Gasteiger partial charge >= 0.3 is 0 Å². The van der Waals surface area contributed by atoms with Gasteiger partial charge in [-0.3, -0.25) is 0 Å². The van der Waals surface area contributed by atoms with Gasteiger partial charge in [0.05, 0.1) is 0 Å². The molecule has 0 bridgehead atoms.